The van der Waals surface area contributed by atoms with Gasteiger partial charge in [-0.1, -0.05) is 29.8 Å². The SMILES string of the molecule is COC(=O)Oc1c(SCC(=O)Nc2cc(C)cc(C)c2)cc(O)cc1-c1cccc(Cl)c1. The van der Waals surface area contributed by atoms with E-state index < -0.39 is 6.16 Å². The predicted octanol–water partition coefficient (Wildman–Crippen LogP) is 6.21. The number of amides is 1. The standard InChI is InChI=1S/C24H22ClNO5S/c1-14-7-15(2)9-18(8-14)26-22(28)13-32-21-12-19(27)11-20(23(21)31-24(29)30-3)16-5-4-6-17(25)10-16/h4-12,27H,13H2,1-3H3,(H,26,28). The molecular formula is C24H22ClNO5S. The van der Waals surface area contributed by atoms with E-state index in [0.29, 0.717) is 26.7 Å². The van der Waals surface area contributed by atoms with Gasteiger partial charge in [0.2, 0.25) is 5.91 Å². The zero-order chi connectivity index (χ0) is 23.3. The summed E-state index contributed by atoms with van der Waals surface area (Å²) in [6.45, 7) is 3.91. The molecule has 0 aromatic heterocycles. The number of thioether (sulfide) groups is 1. The largest absolute Gasteiger partial charge is 0.513 e. The predicted molar refractivity (Wildman–Crippen MR) is 127 cm³/mol. The average Bonchev–Trinajstić information content (AvgIpc) is 2.72. The lowest BCUT2D eigenvalue weighted by Crippen LogP contribution is -2.14. The zero-order valence-corrected chi connectivity index (χ0v) is 19.3. The summed E-state index contributed by atoms with van der Waals surface area (Å²) in [5.41, 5.74) is 3.86. The van der Waals surface area contributed by atoms with E-state index in [1.54, 1.807) is 24.3 Å². The highest BCUT2D eigenvalue weighted by Crippen LogP contribution is 2.42. The van der Waals surface area contributed by atoms with Crippen molar-refractivity contribution in [3.63, 3.8) is 0 Å². The smallest absolute Gasteiger partial charge is 0.508 e. The lowest BCUT2D eigenvalue weighted by Gasteiger charge is -2.15. The number of phenols is 1. The van der Waals surface area contributed by atoms with Gasteiger partial charge >= 0.3 is 6.16 Å². The van der Waals surface area contributed by atoms with E-state index in [9.17, 15) is 14.7 Å². The third kappa shape index (κ3) is 6.18. The monoisotopic (exact) mass is 471 g/mol. The Morgan fingerprint density at radius 2 is 1.78 bits per heavy atom. The number of halogens is 1. The molecule has 0 unspecified atom stereocenters. The van der Waals surface area contributed by atoms with Crippen LogP contribution in [-0.2, 0) is 9.53 Å². The first kappa shape index (κ1) is 23.5. The number of hydrogen-bond acceptors (Lipinski definition) is 6. The van der Waals surface area contributed by atoms with Crippen molar-refractivity contribution in [2.45, 2.75) is 18.7 Å². The van der Waals surface area contributed by atoms with Crippen molar-refractivity contribution in [3.8, 4) is 22.6 Å². The van der Waals surface area contributed by atoms with Crippen molar-refractivity contribution in [1.82, 2.24) is 0 Å². The molecule has 0 heterocycles. The summed E-state index contributed by atoms with van der Waals surface area (Å²) >= 11 is 7.23. The number of carbonyl (C=O) groups is 2. The molecule has 0 atom stereocenters. The molecule has 0 bridgehead atoms. The summed E-state index contributed by atoms with van der Waals surface area (Å²) in [6.07, 6.45) is -0.916. The summed E-state index contributed by atoms with van der Waals surface area (Å²) < 4.78 is 10.0. The molecule has 0 aliphatic heterocycles. The topological polar surface area (TPSA) is 84.9 Å². The van der Waals surface area contributed by atoms with Gasteiger partial charge in [0, 0.05) is 16.3 Å². The van der Waals surface area contributed by atoms with Crippen LogP contribution in [0.15, 0.2) is 59.5 Å². The van der Waals surface area contributed by atoms with Gasteiger partial charge in [-0.2, -0.15) is 0 Å². The third-order valence-corrected chi connectivity index (χ3v) is 5.65. The number of aryl methyl sites for hydroxylation is 2. The van der Waals surface area contributed by atoms with Gasteiger partial charge in [0.05, 0.1) is 17.8 Å². The van der Waals surface area contributed by atoms with E-state index >= 15 is 0 Å². The maximum Gasteiger partial charge on any atom is 0.513 e. The molecule has 0 aliphatic carbocycles. The number of anilines is 1. The summed E-state index contributed by atoms with van der Waals surface area (Å²) in [5, 5.41) is 13.6. The molecule has 3 aromatic rings. The highest BCUT2D eigenvalue weighted by molar-refractivity contribution is 8.00. The van der Waals surface area contributed by atoms with E-state index in [-0.39, 0.29) is 23.2 Å². The van der Waals surface area contributed by atoms with Crippen molar-refractivity contribution < 1.29 is 24.2 Å². The molecule has 32 heavy (non-hydrogen) atoms. The van der Waals surface area contributed by atoms with Crippen LogP contribution in [0.25, 0.3) is 11.1 Å². The van der Waals surface area contributed by atoms with Gasteiger partial charge in [0.1, 0.15) is 5.75 Å². The van der Waals surface area contributed by atoms with Crippen LogP contribution >= 0.6 is 23.4 Å². The van der Waals surface area contributed by atoms with Gasteiger partial charge in [-0.05, 0) is 66.9 Å². The Hall–Kier alpha value is -3.16. The van der Waals surface area contributed by atoms with Gasteiger partial charge in [-0.15, -0.1) is 11.8 Å². The van der Waals surface area contributed by atoms with Gasteiger partial charge in [0.25, 0.3) is 0 Å². The number of ether oxygens (including phenoxy) is 2. The number of phenolic OH excluding ortho intramolecular Hbond substituents is 1. The molecule has 0 saturated carbocycles. The van der Waals surface area contributed by atoms with Crippen LogP contribution in [0.2, 0.25) is 5.02 Å². The zero-order valence-electron chi connectivity index (χ0n) is 17.8. The number of nitrogens with one attached hydrogen (secondary N) is 1. The quantitative estimate of drug-likeness (QED) is 0.253. The maximum absolute atomic E-state index is 12.5. The van der Waals surface area contributed by atoms with Gasteiger partial charge in [-0.25, -0.2) is 4.79 Å². The second-order valence-corrected chi connectivity index (χ2v) is 8.55. The fourth-order valence-electron chi connectivity index (χ4n) is 3.18. The number of carbonyl (C=O) groups excluding carboxylic acids is 2. The Balaban J connectivity index is 1.89. The Morgan fingerprint density at radius 3 is 2.44 bits per heavy atom. The summed E-state index contributed by atoms with van der Waals surface area (Å²) in [4.78, 5) is 24.8. The molecule has 0 spiro atoms. The Bertz CT molecular complexity index is 1140. The molecule has 3 rings (SSSR count). The summed E-state index contributed by atoms with van der Waals surface area (Å²) in [7, 11) is 1.20. The highest BCUT2D eigenvalue weighted by atomic mass is 35.5. The van der Waals surface area contributed by atoms with E-state index in [0.717, 1.165) is 22.9 Å². The molecule has 6 nitrogen and oxygen atoms in total. The highest BCUT2D eigenvalue weighted by Gasteiger charge is 2.19. The normalized spacial score (nSPS) is 10.5. The lowest BCUT2D eigenvalue weighted by atomic mass is 10.0. The van der Waals surface area contributed by atoms with Crippen LogP contribution in [0, 0.1) is 13.8 Å². The molecule has 1 amide bonds. The Labute approximate surface area is 195 Å². The number of rotatable bonds is 6. The van der Waals surface area contributed by atoms with Crippen molar-refractivity contribution >= 4 is 41.1 Å². The van der Waals surface area contributed by atoms with Crippen molar-refractivity contribution in [3.05, 3.63) is 70.7 Å². The minimum Gasteiger partial charge on any atom is -0.508 e. The summed E-state index contributed by atoms with van der Waals surface area (Å²) in [6, 6.07) is 15.6. The molecule has 8 heteroatoms. The van der Waals surface area contributed by atoms with Gasteiger partial charge < -0.3 is 19.9 Å². The molecular weight excluding hydrogens is 450 g/mol. The fraction of sp³-hybridized carbons (Fsp3) is 0.167. The Morgan fingerprint density at radius 1 is 1.06 bits per heavy atom. The fourth-order valence-corrected chi connectivity index (χ4v) is 4.22. The van der Waals surface area contributed by atoms with E-state index in [1.165, 1.54) is 19.2 Å². The van der Waals surface area contributed by atoms with E-state index in [1.807, 2.05) is 32.0 Å². The van der Waals surface area contributed by atoms with E-state index in [4.69, 9.17) is 16.3 Å². The molecule has 166 valence electrons. The number of methoxy groups -OCH3 is 1. The minimum atomic E-state index is -0.916. The van der Waals surface area contributed by atoms with Crippen molar-refractivity contribution in [2.24, 2.45) is 0 Å². The van der Waals surface area contributed by atoms with Crippen LogP contribution in [0.5, 0.6) is 11.5 Å². The third-order valence-electron chi connectivity index (χ3n) is 4.39. The van der Waals surface area contributed by atoms with Crippen LogP contribution in [0.1, 0.15) is 11.1 Å². The number of benzene rings is 3. The number of aromatic hydroxyl groups is 1. The molecule has 0 radical (unpaired) electrons. The lowest BCUT2D eigenvalue weighted by molar-refractivity contribution is -0.113. The maximum atomic E-state index is 12.5. The molecule has 0 saturated heterocycles. The van der Waals surface area contributed by atoms with Gasteiger partial charge in [-0.3, -0.25) is 4.79 Å². The second kappa shape index (κ2) is 10.4. The van der Waals surface area contributed by atoms with Crippen LogP contribution in [0.3, 0.4) is 0 Å². The van der Waals surface area contributed by atoms with Crippen molar-refractivity contribution in [2.75, 3.05) is 18.2 Å². The Kier molecular flexibility index (Phi) is 7.66. The molecule has 2 N–H and O–H groups in total. The number of hydrogen-bond donors (Lipinski definition) is 2. The molecule has 3 aromatic carbocycles. The van der Waals surface area contributed by atoms with Crippen LogP contribution in [0.4, 0.5) is 10.5 Å². The van der Waals surface area contributed by atoms with Crippen LogP contribution < -0.4 is 10.1 Å². The molecule has 0 fully saturated rings. The van der Waals surface area contributed by atoms with Gasteiger partial charge in [0.15, 0.2) is 5.75 Å². The van der Waals surface area contributed by atoms with E-state index in [2.05, 4.69) is 10.1 Å². The molecule has 0 aliphatic rings. The average molecular weight is 472 g/mol. The minimum absolute atomic E-state index is 0.0307. The first-order valence-electron chi connectivity index (χ1n) is 9.65. The van der Waals surface area contributed by atoms with Crippen LogP contribution in [-0.4, -0.2) is 30.0 Å². The summed E-state index contributed by atoms with van der Waals surface area (Å²) in [5.74, 6) is -0.0876. The first-order valence-corrected chi connectivity index (χ1v) is 11.0. The second-order valence-electron chi connectivity index (χ2n) is 7.10. The first-order chi connectivity index (χ1) is 15.2. The van der Waals surface area contributed by atoms with Crippen molar-refractivity contribution in [1.29, 1.82) is 0 Å².